The molecule has 1 aliphatic rings. The Morgan fingerprint density at radius 1 is 1.14 bits per heavy atom. The van der Waals surface area contributed by atoms with Gasteiger partial charge in [0.1, 0.15) is 0 Å². The maximum Gasteiger partial charge on any atom is 0.220 e. The molecule has 0 aromatic carbocycles. The van der Waals surface area contributed by atoms with Gasteiger partial charge in [-0.15, -0.1) is 0 Å². The maximum atomic E-state index is 11.7. The molecule has 6 heteroatoms. The number of nitrogens with one attached hydrogen (secondary N) is 2. The van der Waals surface area contributed by atoms with Crippen molar-refractivity contribution >= 4 is 15.9 Å². The topological polar surface area (TPSA) is 75.3 Å². The fourth-order valence-corrected chi connectivity index (χ4v) is 3.94. The lowest BCUT2D eigenvalue weighted by Gasteiger charge is -2.20. The lowest BCUT2D eigenvalue weighted by Crippen LogP contribution is -2.35. The molecule has 0 aliphatic heterocycles. The highest BCUT2D eigenvalue weighted by atomic mass is 32.2. The molecule has 0 heterocycles. The molecule has 5 nitrogen and oxygen atoms in total. The average molecular weight is 318 g/mol. The van der Waals surface area contributed by atoms with Gasteiger partial charge in [0.2, 0.25) is 15.9 Å². The van der Waals surface area contributed by atoms with E-state index in [2.05, 4.69) is 10.0 Å². The quantitative estimate of drug-likeness (QED) is 0.606. The Labute approximate surface area is 129 Å². The molecule has 0 aromatic rings. The van der Waals surface area contributed by atoms with Crippen LogP contribution < -0.4 is 10.0 Å². The second kappa shape index (κ2) is 10.2. The van der Waals surface area contributed by atoms with Crippen molar-refractivity contribution in [3.63, 3.8) is 0 Å². The summed E-state index contributed by atoms with van der Waals surface area (Å²) in [5, 5.41) is 2.79. The molecule has 0 unspecified atom stereocenters. The van der Waals surface area contributed by atoms with Gasteiger partial charge in [-0.1, -0.05) is 45.4 Å². The lowest BCUT2D eigenvalue weighted by molar-refractivity contribution is -0.121. The zero-order valence-corrected chi connectivity index (χ0v) is 14.0. The van der Waals surface area contributed by atoms with E-state index in [-0.39, 0.29) is 18.2 Å². The summed E-state index contributed by atoms with van der Waals surface area (Å²) >= 11 is 0. The van der Waals surface area contributed by atoms with Crippen LogP contribution in [0.25, 0.3) is 0 Å². The van der Waals surface area contributed by atoms with Crippen LogP contribution in [0.1, 0.15) is 64.7 Å². The number of unbranched alkanes of at least 4 members (excludes halogenated alkanes) is 1. The molecule has 0 saturated heterocycles. The molecule has 0 radical (unpaired) electrons. The summed E-state index contributed by atoms with van der Waals surface area (Å²) in [7, 11) is -3.17. The maximum absolute atomic E-state index is 11.7. The predicted octanol–water partition coefficient (Wildman–Crippen LogP) is 2.18. The van der Waals surface area contributed by atoms with E-state index in [0.29, 0.717) is 25.3 Å². The molecule has 0 aromatic heterocycles. The van der Waals surface area contributed by atoms with Crippen molar-refractivity contribution in [2.45, 2.75) is 64.7 Å². The van der Waals surface area contributed by atoms with E-state index < -0.39 is 10.0 Å². The summed E-state index contributed by atoms with van der Waals surface area (Å²) in [6.07, 6.45) is 9.50. The highest BCUT2D eigenvalue weighted by Gasteiger charge is 2.14. The van der Waals surface area contributed by atoms with Crippen molar-refractivity contribution in [2.24, 2.45) is 5.92 Å². The first-order valence-electron chi connectivity index (χ1n) is 8.27. The summed E-state index contributed by atoms with van der Waals surface area (Å²) < 4.78 is 25.6. The van der Waals surface area contributed by atoms with Crippen LogP contribution in [-0.2, 0) is 14.8 Å². The average Bonchev–Trinajstić information content (AvgIpc) is 2.49. The Morgan fingerprint density at radius 3 is 2.52 bits per heavy atom. The summed E-state index contributed by atoms with van der Waals surface area (Å²) in [6.45, 7) is 2.61. The summed E-state index contributed by atoms with van der Waals surface area (Å²) in [6, 6.07) is 0. The lowest BCUT2D eigenvalue weighted by atomic mass is 9.86. The van der Waals surface area contributed by atoms with Gasteiger partial charge in [0.05, 0.1) is 5.75 Å². The Balaban J connectivity index is 2.05. The van der Waals surface area contributed by atoms with Crippen LogP contribution in [0.5, 0.6) is 0 Å². The summed E-state index contributed by atoms with van der Waals surface area (Å²) in [4.78, 5) is 11.7. The Kier molecular flexibility index (Phi) is 8.92. The van der Waals surface area contributed by atoms with Crippen molar-refractivity contribution in [1.82, 2.24) is 10.0 Å². The van der Waals surface area contributed by atoms with E-state index in [0.717, 1.165) is 12.8 Å². The van der Waals surface area contributed by atoms with Crippen LogP contribution in [0.3, 0.4) is 0 Å². The number of carbonyl (C=O) groups is 1. The predicted molar refractivity (Wildman–Crippen MR) is 85.5 cm³/mol. The molecule has 1 saturated carbocycles. The smallest absolute Gasteiger partial charge is 0.220 e. The van der Waals surface area contributed by atoms with Crippen molar-refractivity contribution in [3.8, 4) is 0 Å². The van der Waals surface area contributed by atoms with Crippen LogP contribution in [0.2, 0.25) is 0 Å². The molecule has 0 atom stereocenters. The summed E-state index contributed by atoms with van der Waals surface area (Å²) in [5.41, 5.74) is 0. The van der Waals surface area contributed by atoms with Gasteiger partial charge in [0.25, 0.3) is 0 Å². The molecular formula is C15H30N2O3S. The van der Waals surface area contributed by atoms with E-state index >= 15 is 0 Å². The highest BCUT2D eigenvalue weighted by Crippen LogP contribution is 2.27. The molecule has 21 heavy (non-hydrogen) atoms. The first-order valence-corrected chi connectivity index (χ1v) is 9.93. The second-order valence-electron chi connectivity index (χ2n) is 5.96. The molecule has 0 bridgehead atoms. The van der Waals surface area contributed by atoms with Gasteiger partial charge in [-0.3, -0.25) is 4.79 Å². The molecule has 0 spiro atoms. The third-order valence-electron chi connectivity index (χ3n) is 4.04. The van der Waals surface area contributed by atoms with Crippen LogP contribution in [0.15, 0.2) is 0 Å². The minimum atomic E-state index is -3.17. The minimum Gasteiger partial charge on any atom is -0.355 e. The van der Waals surface area contributed by atoms with E-state index in [1.165, 1.54) is 32.1 Å². The van der Waals surface area contributed by atoms with Gasteiger partial charge in [-0.2, -0.15) is 0 Å². The second-order valence-corrected chi connectivity index (χ2v) is 7.89. The number of amides is 1. The first kappa shape index (κ1) is 18.4. The van der Waals surface area contributed by atoms with Crippen LogP contribution >= 0.6 is 0 Å². The molecule has 2 N–H and O–H groups in total. The van der Waals surface area contributed by atoms with Crippen LogP contribution in [-0.4, -0.2) is 33.2 Å². The van der Waals surface area contributed by atoms with Crippen molar-refractivity contribution < 1.29 is 13.2 Å². The molecule has 1 rings (SSSR count). The van der Waals surface area contributed by atoms with E-state index in [4.69, 9.17) is 0 Å². The number of hydrogen-bond donors (Lipinski definition) is 2. The molecular weight excluding hydrogens is 288 g/mol. The Hall–Kier alpha value is -0.620. The van der Waals surface area contributed by atoms with Gasteiger partial charge in [-0.05, 0) is 18.8 Å². The fourth-order valence-electron chi connectivity index (χ4n) is 2.71. The monoisotopic (exact) mass is 318 g/mol. The molecule has 124 valence electrons. The van der Waals surface area contributed by atoms with Gasteiger partial charge in [-0.25, -0.2) is 13.1 Å². The number of rotatable bonds is 10. The Bertz CT molecular complexity index is 390. The van der Waals surface area contributed by atoms with Crippen LogP contribution in [0.4, 0.5) is 0 Å². The van der Waals surface area contributed by atoms with Gasteiger partial charge in [0, 0.05) is 19.5 Å². The van der Waals surface area contributed by atoms with Crippen LogP contribution in [0, 0.1) is 5.92 Å². The fraction of sp³-hybridized carbons (Fsp3) is 0.933. The SMILES string of the molecule is CCCCS(=O)(=O)NCCNC(=O)CCC1CCCCC1. The normalized spacial score (nSPS) is 16.8. The van der Waals surface area contributed by atoms with E-state index in [9.17, 15) is 13.2 Å². The standard InChI is InChI=1S/C15H30N2O3S/c1-2-3-13-21(19,20)17-12-11-16-15(18)10-9-14-7-5-4-6-8-14/h14,17H,2-13H2,1H3,(H,16,18). The highest BCUT2D eigenvalue weighted by molar-refractivity contribution is 7.89. The third kappa shape index (κ3) is 9.09. The Morgan fingerprint density at radius 2 is 1.86 bits per heavy atom. The zero-order valence-electron chi connectivity index (χ0n) is 13.2. The van der Waals surface area contributed by atoms with E-state index in [1.807, 2.05) is 6.92 Å². The molecule has 1 aliphatic carbocycles. The van der Waals surface area contributed by atoms with Gasteiger partial charge >= 0.3 is 0 Å². The number of sulfonamides is 1. The van der Waals surface area contributed by atoms with Crippen molar-refractivity contribution in [2.75, 3.05) is 18.8 Å². The third-order valence-corrected chi connectivity index (χ3v) is 5.51. The van der Waals surface area contributed by atoms with Crippen molar-refractivity contribution in [3.05, 3.63) is 0 Å². The first-order chi connectivity index (χ1) is 10.0. The summed E-state index contributed by atoms with van der Waals surface area (Å²) in [5.74, 6) is 0.907. The number of carbonyl (C=O) groups excluding carboxylic acids is 1. The zero-order chi connectivity index (χ0) is 15.6. The minimum absolute atomic E-state index is 0.0355. The molecule has 1 amide bonds. The van der Waals surface area contributed by atoms with E-state index in [1.54, 1.807) is 0 Å². The van der Waals surface area contributed by atoms with Gasteiger partial charge in [0.15, 0.2) is 0 Å². The van der Waals surface area contributed by atoms with Gasteiger partial charge < -0.3 is 5.32 Å². The molecule has 1 fully saturated rings. The van der Waals surface area contributed by atoms with Crippen molar-refractivity contribution in [1.29, 1.82) is 0 Å². The number of hydrogen-bond acceptors (Lipinski definition) is 3. The largest absolute Gasteiger partial charge is 0.355 e.